The molecule has 1 aromatic heterocycles. The molecule has 34 heavy (non-hydrogen) atoms. The first-order valence-electron chi connectivity index (χ1n) is 11.1. The summed E-state index contributed by atoms with van der Waals surface area (Å²) in [4.78, 5) is 19.8. The van der Waals surface area contributed by atoms with Crippen LogP contribution in [0.4, 0.5) is 0 Å². The Morgan fingerprint density at radius 2 is 1.71 bits per heavy atom. The molecular formula is C25H31N3O6. The van der Waals surface area contributed by atoms with E-state index in [1.807, 2.05) is 35.2 Å². The normalized spacial score (nSPS) is 15.8. The van der Waals surface area contributed by atoms with Crippen LogP contribution in [0.15, 0.2) is 36.5 Å². The molecular weight excluding hydrogens is 438 g/mol. The lowest BCUT2D eigenvalue weighted by Gasteiger charge is -2.37. The van der Waals surface area contributed by atoms with Gasteiger partial charge in [-0.15, -0.1) is 0 Å². The number of rotatable bonds is 9. The highest BCUT2D eigenvalue weighted by Crippen LogP contribution is 2.40. The molecule has 1 atom stereocenters. The lowest BCUT2D eigenvalue weighted by molar-refractivity contribution is -0.144. The number of carbonyl (C=O) groups is 1. The third-order valence-electron chi connectivity index (χ3n) is 6.40. The summed E-state index contributed by atoms with van der Waals surface area (Å²) in [7, 11) is 6.41. The number of benzene rings is 2. The molecule has 9 nitrogen and oxygen atoms in total. The molecule has 1 aliphatic rings. The van der Waals surface area contributed by atoms with Crippen LogP contribution < -0.4 is 18.9 Å². The largest absolute Gasteiger partial charge is 0.497 e. The summed E-state index contributed by atoms with van der Waals surface area (Å²) in [5, 5.41) is 11.0. The second kappa shape index (κ2) is 10.2. The number of carboxylic acid groups (broad SMARTS) is 1. The van der Waals surface area contributed by atoms with E-state index in [0.29, 0.717) is 42.6 Å². The fourth-order valence-corrected chi connectivity index (χ4v) is 4.67. The Kier molecular flexibility index (Phi) is 7.14. The number of H-pyrrole nitrogens is 1. The number of hydrogen-bond donors (Lipinski definition) is 2. The number of aromatic nitrogens is 1. The van der Waals surface area contributed by atoms with Crippen LogP contribution in [-0.4, -0.2) is 80.5 Å². The first kappa shape index (κ1) is 23.7. The second-order valence-corrected chi connectivity index (χ2v) is 8.20. The molecule has 0 unspecified atom stereocenters. The van der Waals surface area contributed by atoms with E-state index < -0.39 is 12.0 Å². The molecule has 0 aliphatic carbocycles. The third kappa shape index (κ3) is 4.49. The smallest absolute Gasteiger partial charge is 0.325 e. The van der Waals surface area contributed by atoms with Crippen molar-refractivity contribution in [3.63, 3.8) is 0 Å². The average molecular weight is 470 g/mol. The van der Waals surface area contributed by atoms with Gasteiger partial charge in [-0.25, -0.2) is 0 Å². The molecule has 0 radical (unpaired) electrons. The minimum atomic E-state index is -0.862. The topological polar surface area (TPSA) is 96.5 Å². The quantitative estimate of drug-likeness (QED) is 0.494. The zero-order chi connectivity index (χ0) is 24.2. The minimum Gasteiger partial charge on any atom is -0.497 e. The van der Waals surface area contributed by atoms with Gasteiger partial charge in [0.05, 0.1) is 28.4 Å². The summed E-state index contributed by atoms with van der Waals surface area (Å²) in [6.07, 6.45) is 1.80. The molecule has 1 fully saturated rings. The zero-order valence-corrected chi connectivity index (χ0v) is 20.0. The Morgan fingerprint density at radius 3 is 2.32 bits per heavy atom. The molecule has 2 aromatic carbocycles. The predicted molar refractivity (Wildman–Crippen MR) is 128 cm³/mol. The van der Waals surface area contributed by atoms with Gasteiger partial charge in [-0.1, -0.05) is 6.07 Å². The summed E-state index contributed by atoms with van der Waals surface area (Å²) < 4.78 is 21.8. The number of fused-ring (bicyclic) bond motifs is 1. The zero-order valence-electron chi connectivity index (χ0n) is 20.0. The highest BCUT2D eigenvalue weighted by molar-refractivity contribution is 5.90. The number of aliphatic carboxylic acids is 1. The number of hydrogen-bond acceptors (Lipinski definition) is 7. The molecule has 182 valence electrons. The van der Waals surface area contributed by atoms with Gasteiger partial charge >= 0.3 is 5.97 Å². The summed E-state index contributed by atoms with van der Waals surface area (Å²) in [5.41, 5.74) is 2.63. The van der Waals surface area contributed by atoms with Crippen molar-refractivity contribution >= 4 is 16.9 Å². The summed E-state index contributed by atoms with van der Waals surface area (Å²) in [5.74, 6) is 1.68. The van der Waals surface area contributed by atoms with Gasteiger partial charge in [-0.2, -0.15) is 0 Å². The van der Waals surface area contributed by atoms with Gasteiger partial charge in [0.2, 0.25) is 5.75 Å². The number of methoxy groups -OCH3 is 4. The maximum Gasteiger partial charge on any atom is 0.325 e. The van der Waals surface area contributed by atoms with Gasteiger partial charge in [0.25, 0.3) is 0 Å². The van der Waals surface area contributed by atoms with Crippen LogP contribution in [0, 0.1) is 0 Å². The standard InChI is InChI=1S/C25H31N3O6/c1-31-17-6-7-20-18(13-17)19(14-26-20)22(25(29)30)28-11-9-27(10-12-28)15-16-5-8-21(32-2)24(34-4)23(16)33-3/h5-8,13-14,22,26H,9-12,15H2,1-4H3,(H,29,30)/t22-/m0/s1. The summed E-state index contributed by atoms with van der Waals surface area (Å²) in [6.45, 7) is 3.38. The first-order chi connectivity index (χ1) is 16.5. The van der Waals surface area contributed by atoms with Gasteiger partial charge in [-0.3, -0.25) is 14.6 Å². The van der Waals surface area contributed by atoms with Crippen molar-refractivity contribution in [3.05, 3.63) is 47.7 Å². The van der Waals surface area contributed by atoms with Crippen molar-refractivity contribution in [2.45, 2.75) is 12.6 Å². The SMILES string of the molecule is COc1ccc2[nH]cc([C@@H](C(=O)O)N3CCN(Cc4ccc(OC)c(OC)c4OC)CC3)c2c1. The lowest BCUT2D eigenvalue weighted by Crippen LogP contribution is -2.48. The number of piperazine rings is 1. The first-order valence-corrected chi connectivity index (χ1v) is 11.1. The van der Waals surface area contributed by atoms with E-state index in [9.17, 15) is 9.90 Å². The van der Waals surface area contributed by atoms with Crippen LogP contribution in [0.1, 0.15) is 17.2 Å². The number of carboxylic acids is 1. The van der Waals surface area contributed by atoms with Crippen LogP contribution in [-0.2, 0) is 11.3 Å². The van der Waals surface area contributed by atoms with Crippen molar-refractivity contribution in [1.82, 2.24) is 14.8 Å². The Morgan fingerprint density at radius 1 is 0.971 bits per heavy atom. The summed E-state index contributed by atoms with van der Waals surface area (Å²) >= 11 is 0. The number of ether oxygens (including phenoxy) is 4. The monoisotopic (exact) mass is 469 g/mol. The van der Waals surface area contributed by atoms with Crippen molar-refractivity contribution in [1.29, 1.82) is 0 Å². The number of nitrogens with one attached hydrogen (secondary N) is 1. The second-order valence-electron chi connectivity index (χ2n) is 8.20. The van der Waals surface area contributed by atoms with E-state index in [0.717, 1.165) is 35.1 Å². The van der Waals surface area contributed by atoms with Gasteiger partial charge in [0, 0.05) is 61.0 Å². The Bertz CT molecular complexity index is 1150. The molecule has 0 spiro atoms. The van der Waals surface area contributed by atoms with E-state index >= 15 is 0 Å². The highest BCUT2D eigenvalue weighted by atomic mass is 16.5. The summed E-state index contributed by atoms with van der Waals surface area (Å²) in [6, 6.07) is 8.77. The van der Waals surface area contributed by atoms with E-state index in [1.54, 1.807) is 34.6 Å². The van der Waals surface area contributed by atoms with Crippen molar-refractivity contribution < 1.29 is 28.8 Å². The molecule has 0 bridgehead atoms. The molecule has 1 saturated heterocycles. The average Bonchev–Trinajstić information content (AvgIpc) is 3.27. The molecule has 3 aromatic rings. The Hall–Kier alpha value is -3.43. The fourth-order valence-electron chi connectivity index (χ4n) is 4.67. The van der Waals surface area contributed by atoms with Gasteiger partial charge in [0.1, 0.15) is 11.8 Å². The molecule has 0 amide bonds. The van der Waals surface area contributed by atoms with Gasteiger partial charge in [0.15, 0.2) is 11.5 Å². The lowest BCUT2D eigenvalue weighted by atomic mass is 10.0. The minimum absolute atomic E-state index is 0.571. The molecule has 2 N–H and O–H groups in total. The predicted octanol–water partition coefficient (Wildman–Crippen LogP) is 3.15. The third-order valence-corrected chi connectivity index (χ3v) is 6.40. The van der Waals surface area contributed by atoms with Crippen molar-refractivity contribution in [2.24, 2.45) is 0 Å². The van der Waals surface area contributed by atoms with E-state index in [1.165, 1.54) is 0 Å². The van der Waals surface area contributed by atoms with Crippen LogP contribution in [0.5, 0.6) is 23.0 Å². The fraction of sp³-hybridized carbons (Fsp3) is 0.400. The molecule has 1 aliphatic heterocycles. The van der Waals surface area contributed by atoms with E-state index in [4.69, 9.17) is 18.9 Å². The van der Waals surface area contributed by atoms with Crippen molar-refractivity contribution in [3.8, 4) is 23.0 Å². The van der Waals surface area contributed by atoms with E-state index in [2.05, 4.69) is 9.88 Å². The van der Waals surface area contributed by atoms with Crippen LogP contribution in [0.3, 0.4) is 0 Å². The molecule has 0 saturated carbocycles. The Balaban J connectivity index is 1.50. The molecule has 4 rings (SSSR count). The maximum absolute atomic E-state index is 12.3. The van der Waals surface area contributed by atoms with Crippen LogP contribution in [0.2, 0.25) is 0 Å². The van der Waals surface area contributed by atoms with Gasteiger partial charge < -0.3 is 29.0 Å². The molecule has 2 heterocycles. The van der Waals surface area contributed by atoms with Gasteiger partial charge in [-0.05, 0) is 24.3 Å². The molecule has 9 heteroatoms. The number of nitrogens with zero attached hydrogens (tertiary/aromatic N) is 2. The highest BCUT2D eigenvalue weighted by Gasteiger charge is 2.32. The maximum atomic E-state index is 12.3. The number of aromatic amines is 1. The van der Waals surface area contributed by atoms with Crippen molar-refractivity contribution in [2.75, 3.05) is 54.6 Å². The van der Waals surface area contributed by atoms with E-state index in [-0.39, 0.29) is 0 Å². The Labute approximate surface area is 198 Å². The van der Waals surface area contributed by atoms with Crippen LogP contribution >= 0.6 is 0 Å². The van der Waals surface area contributed by atoms with Crippen LogP contribution in [0.25, 0.3) is 10.9 Å².